The van der Waals surface area contributed by atoms with Crippen molar-refractivity contribution in [3.8, 4) is 22.4 Å². The van der Waals surface area contributed by atoms with E-state index in [1.54, 1.807) is 18.5 Å². The van der Waals surface area contributed by atoms with Crippen molar-refractivity contribution in [2.24, 2.45) is 5.92 Å². The zero-order chi connectivity index (χ0) is 24.6. The van der Waals surface area contributed by atoms with Crippen LogP contribution in [0.1, 0.15) is 46.9 Å². The van der Waals surface area contributed by atoms with Crippen LogP contribution in [0.5, 0.6) is 0 Å². The smallest absolute Gasteiger partial charge is 0.269 e. The summed E-state index contributed by atoms with van der Waals surface area (Å²) in [4.78, 5) is 21.9. The third kappa shape index (κ3) is 4.98. The van der Waals surface area contributed by atoms with Gasteiger partial charge in [0.15, 0.2) is 0 Å². The number of hydrogen-bond donors (Lipinski definition) is 2. The van der Waals surface area contributed by atoms with Gasteiger partial charge in [0, 0.05) is 48.8 Å². The highest BCUT2D eigenvalue weighted by Gasteiger charge is 2.39. The second-order valence-electron chi connectivity index (χ2n) is 9.24. The van der Waals surface area contributed by atoms with Crippen LogP contribution >= 0.6 is 0 Å². The number of aliphatic hydroxyl groups excluding tert-OH is 1. The first kappa shape index (κ1) is 23.6. The minimum absolute atomic E-state index is 0.138. The molecule has 5 rings (SSSR count). The van der Waals surface area contributed by atoms with E-state index in [1.807, 2.05) is 36.4 Å². The van der Waals surface area contributed by atoms with E-state index >= 15 is 0 Å². The lowest BCUT2D eigenvalue weighted by Crippen LogP contribution is -2.29. The maximum absolute atomic E-state index is 13.0. The molecule has 1 aliphatic carbocycles. The summed E-state index contributed by atoms with van der Waals surface area (Å²) in [6.07, 6.45) is 7.14. The van der Waals surface area contributed by atoms with Crippen molar-refractivity contribution in [1.82, 2.24) is 19.6 Å². The Morgan fingerprint density at radius 2 is 1.91 bits per heavy atom. The summed E-state index contributed by atoms with van der Waals surface area (Å²) in [7, 11) is -3.55. The van der Waals surface area contributed by atoms with Crippen LogP contribution in [0.4, 0.5) is 0 Å². The minimum atomic E-state index is -3.55. The van der Waals surface area contributed by atoms with Crippen LogP contribution in [-0.4, -0.2) is 53.1 Å². The number of aromatic nitrogens is 2. The fraction of sp³-hybridized carbons (Fsp3) is 0.346. The Hall–Kier alpha value is -3.14. The normalized spacial score (nSPS) is 17.8. The highest BCUT2D eigenvalue weighted by molar-refractivity contribution is 7.88. The average molecular weight is 493 g/mol. The van der Waals surface area contributed by atoms with Gasteiger partial charge in [-0.25, -0.2) is 13.4 Å². The molecule has 1 aliphatic heterocycles. The van der Waals surface area contributed by atoms with Gasteiger partial charge in [0.25, 0.3) is 5.91 Å². The standard InChI is InChI=1S/C26H28N4O4S/c1-35(33,34)30-16-21-13-22(26(32)28-14-17-7-8-17)29-25(24(21)23(30)9-11-31)19-5-2-4-18(12-19)20-6-3-10-27-15-20/h2-6,10,12-13,15,17,23,31H,7-9,11,14,16H2,1H3,(H,28,32)/t23-/m1/s1. The number of nitrogens with one attached hydrogen (secondary N) is 1. The Bertz CT molecular complexity index is 1360. The molecule has 182 valence electrons. The predicted octanol–water partition coefficient (Wildman–Crippen LogP) is 3.15. The third-order valence-corrected chi connectivity index (χ3v) is 7.83. The fourth-order valence-electron chi connectivity index (χ4n) is 4.66. The Morgan fingerprint density at radius 3 is 2.60 bits per heavy atom. The molecule has 1 atom stereocenters. The fourth-order valence-corrected chi connectivity index (χ4v) is 5.70. The number of amides is 1. The Morgan fingerprint density at radius 1 is 1.14 bits per heavy atom. The molecule has 8 nitrogen and oxygen atoms in total. The number of nitrogens with zero attached hydrogens (tertiary/aromatic N) is 3. The summed E-state index contributed by atoms with van der Waals surface area (Å²) < 4.78 is 26.6. The van der Waals surface area contributed by atoms with E-state index in [0.717, 1.165) is 40.7 Å². The predicted molar refractivity (Wildman–Crippen MR) is 133 cm³/mol. The molecule has 3 heterocycles. The first-order chi connectivity index (χ1) is 16.8. The SMILES string of the molecule is CS(=O)(=O)N1Cc2cc(C(=O)NCC3CC3)nc(-c3cccc(-c4cccnc4)c3)c2[C@H]1CCO. The van der Waals surface area contributed by atoms with Crippen molar-refractivity contribution in [3.05, 3.63) is 71.7 Å². The highest BCUT2D eigenvalue weighted by atomic mass is 32.2. The van der Waals surface area contributed by atoms with Gasteiger partial charge >= 0.3 is 0 Å². The summed E-state index contributed by atoms with van der Waals surface area (Å²) in [6, 6.07) is 12.7. The highest BCUT2D eigenvalue weighted by Crippen LogP contribution is 2.43. The average Bonchev–Trinajstić information content (AvgIpc) is 3.62. The topological polar surface area (TPSA) is 112 Å². The van der Waals surface area contributed by atoms with E-state index < -0.39 is 16.1 Å². The van der Waals surface area contributed by atoms with E-state index in [9.17, 15) is 18.3 Å². The quantitative estimate of drug-likeness (QED) is 0.500. The van der Waals surface area contributed by atoms with E-state index in [0.29, 0.717) is 18.2 Å². The van der Waals surface area contributed by atoms with Gasteiger partial charge in [-0.2, -0.15) is 4.31 Å². The van der Waals surface area contributed by atoms with Crippen LogP contribution in [0.15, 0.2) is 54.9 Å². The Labute approximate surface area is 205 Å². The molecule has 0 saturated heterocycles. The van der Waals surface area contributed by atoms with Crippen LogP contribution in [0, 0.1) is 5.92 Å². The summed E-state index contributed by atoms with van der Waals surface area (Å²) in [5.41, 5.74) is 4.96. The van der Waals surface area contributed by atoms with Crippen molar-refractivity contribution in [2.45, 2.75) is 31.8 Å². The Balaban J connectivity index is 1.64. The molecule has 2 aromatic heterocycles. The van der Waals surface area contributed by atoms with Gasteiger partial charge in [0.05, 0.1) is 18.0 Å². The first-order valence-electron chi connectivity index (χ1n) is 11.8. The zero-order valence-corrected chi connectivity index (χ0v) is 20.3. The monoisotopic (exact) mass is 492 g/mol. The van der Waals surface area contributed by atoms with Crippen molar-refractivity contribution in [2.75, 3.05) is 19.4 Å². The zero-order valence-electron chi connectivity index (χ0n) is 19.5. The second kappa shape index (κ2) is 9.49. The summed E-state index contributed by atoms with van der Waals surface area (Å²) in [5.74, 6) is 0.263. The number of carbonyl (C=O) groups excluding carboxylic acids is 1. The molecule has 2 aliphatic rings. The van der Waals surface area contributed by atoms with Gasteiger partial charge in [-0.1, -0.05) is 24.3 Å². The van der Waals surface area contributed by atoms with Gasteiger partial charge in [0.1, 0.15) is 5.69 Å². The third-order valence-electron chi connectivity index (χ3n) is 6.59. The number of rotatable bonds is 8. The molecule has 0 unspecified atom stereocenters. The van der Waals surface area contributed by atoms with Gasteiger partial charge in [-0.15, -0.1) is 0 Å². The Kier molecular flexibility index (Phi) is 6.39. The van der Waals surface area contributed by atoms with Crippen molar-refractivity contribution >= 4 is 15.9 Å². The van der Waals surface area contributed by atoms with Gasteiger partial charge in [0.2, 0.25) is 10.0 Å². The number of carbonyl (C=O) groups is 1. The maximum Gasteiger partial charge on any atom is 0.269 e. The van der Waals surface area contributed by atoms with E-state index in [-0.39, 0.29) is 31.2 Å². The van der Waals surface area contributed by atoms with E-state index in [2.05, 4.69) is 10.3 Å². The number of benzene rings is 1. The molecule has 1 amide bonds. The van der Waals surface area contributed by atoms with Crippen LogP contribution in [0.2, 0.25) is 0 Å². The molecule has 35 heavy (non-hydrogen) atoms. The van der Waals surface area contributed by atoms with Crippen LogP contribution < -0.4 is 5.32 Å². The number of sulfonamides is 1. The number of pyridine rings is 2. The number of fused-ring (bicyclic) bond motifs is 1. The molecular formula is C26H28N4O4S. The number of hydrogen-bond acceptors (Lipinski definition) is 6. The van der Waals surface area contributed by atoms with Crippen LogP contribution in [0.25, 0.3) is 22.4 Å². The van der Waals surface area contributed by atoms with E-state index in [4.69, 9.17) is 4.98 Å². The second-order valence-corrected chi connectivity index (χ2v) is 11.2. The molecule has 2 N–H and O–H groups in total. The van der Waals surface area contributed by atoms with E-state index in [1.165, 1.54) is 10.6 Å². The van der Waals surface area contributed by atoms with Gasteiger partial charge < -0.3 is 10.4 Å². The van der Waals surface area contributed by atoms with Crippen molar-refractivity contribution in [1.29, 1.82) is 0 Å². The van der Waals surface area contributed by atoms with Gasteiger partial charge in [-0.05, 0) is 54.5 Å². The molecule has 3 aromatic rings. The lowest BCUT2D eigenvalue weighted by Gasteiger charge is -2.23. The summed E-state index contributed by atoms with van der Waals surface area (Å²) >= 11 is 0. The summed E-state index contributed by atoms with van der Waals surface area (Å²) in [6.45, 7) is 0.584. The molecule has 1 aromatic carbocycles. The maximum atomic E-state index is 13.0. The lowest BCUT2D eigenvalue weighted by molar-refractivity contribution is 0.0946. The molecule has 9 heteroatoms. The molecule has 0 bridgehead atoms. The first-order valence-corrected chi connectivity index (χ1v) is 13.6. The van der Waals surface area contributed by atoms with Crippen LogP contribution in [-0.2, 0) is 16.6 Å². The summed E-state index contributed by atoms with van der Waals surface area (Å²) in [5, 5.41) is 12.7. The molecule has 1 fully saturated rings. The number of aliphatic hydroxyl groups is 1. The van der Waals surface area contributed by atoms with Crippen LogP contribution in [0.3, 0.4) is 0 Å². The lowest BCUT2D eigenvalue weighted by atomic mass is 9.94. The molecular weight excluding hydrogens is 464 g/mol. The van der Waals surface area contributed by atoms with Gasteiger partial charge in [-0.3, -0.25) is 9.78 Å². The van der Waals surface area contributed by atoms with Crippen molar-refractivity contribution in [3.63, 3.8) is 0 Å². The molecule has 1 saturated carbocycles. The molecule has 0 radical (unpaired) electrons. The van der Waals surface area contributed by atoms with Crippen molar-refractivity contribution < 1.29 is 18.3 Å². The minimum Gasteiger partial charge on any atom is -0.396 e. The molecule has 0 spiro atoms. The largest absolute Gasteiger partial charge is 0.396 e.